The van der Waals surface area contributed by atoms with E-state index in [0.717, 1.165) is 42.2 Å². The predicted molar refractivity (Wildman–Crippen MR) is 142 cm³/mol. The maximum absolute atomic E-state index is 12.2. The van der Waals surface area contributed by atoms with Crippen LogP contribution in [0.4, 0.5) is 0 Å². The van der Waals surface area contributed by atoms with Gasteiger partial charge in [0.2, 0.25) is 0 Å². The number of hydrogen-bond donors (Lipinski definition) is 1. The number of amides is 1. The van der Waals surface area contributed by atoms with Gasteiger partial charge >= 0.3 is 0 Å². The second-order valence-corrected chi connectivity index (χ2v) is 9.78. The summed E-state index contributed by atoms with van der Waals surface area (Å²) in [5.41, 5.74) is 3.07. The van der Waals surface area contributed by atoms with E-state index in [-0.39, 0.29) is 5.91 Å². The molecule has 0 fully saturated rings. The summed E-state index contributed by atoms with van der Waals surface area (Å²) in [6.07, 6.45) is 13.4. The van der Waals surface area contributed by atoms with Gasteiger partial charge in [-0.1, -0.05) is 86.0 Å². The van der Waals surface area contributed by atoms with Crippen LogP contribution in [-0.2, 0) is 13.0 Å². The van der Waals surface area contributed by atoms with Gasteiger partial charge in [0.05, 0.1) is 11.0 Å². The molecular weight excluding hydrogens is 474 g/mol. The lowest BCUT2D eigenvalue weighted by atomic mass is 10.1. The molecular formula is C28H38BrN3O. The number of para-hydroxylation sites is 2. The average Bonchev–Trinajstić information content (AvgIpc) is 3.18. The summed E-state index contributed by atoms with van der Waals surface area (Å²) in [7, 11) is 0. The number of halogens is 1. The molecule has 0 aliphatic carbocycles. The zero-order chi connectivity index (χ0) is 23.3. The van der Waals surface area contributed by atoms with Crippen molar-refractivity contribution < 1.29 is 4.79 Å². The van der Waals surface area contributed by atoms with Crippen LogP contribution in [0.2, 0.25) is 0 Å². The molecule has 1 aromatic heterocycles. The smallest absolute Gasteiger partial charge is 0.251 e. The standard InChI is InChI=1S/C28H38BrN3O/c1-2-3-4-5-6-7-13-21-32-26-18-11-10-17-25(26)31-27(32)19-9-8-12-20-30-28(33)23-15-14-16-24(29)22-23/h10-11,14-18,22H,2-9,12-13,19-21H2,1H3,(H,30,33). The number of nitrogens with zero attached hydrogens (tertiary/aromatic N) is 2. The second-order valence-electron chi connectivity index (χ2n) is 8.87. The summed E-state index contributed by atoms with van der Waals surface area (Å²) in [6.45, 7) is 4.04. The number of aryl methyl sites for hydroxylation is 2. The fourth-order valence-corrected chi connectivity index (χ4v) is 4.71. The van der Waals surface area contributed by atoms with Crippen molar-refractivity contribution in [2.75, 3.05) is 6.54 Å². The van der Waals surface area contributed by atoms with Crippen LogP contribution in [0.3, 0.4) is 0 Å². The van der Waals surface area contributed by atoms with Gasteiger partial charge in [0, 0.05) is 29.5 Å². The number of rotatable bonds is 15. The number of fused-ring (bicyclic) bond motifs is 1. The van der Waals surface area contributed by atoms with Gasteiger partial charge in [-0.3, -0.25) is 4.79 Å². The van der Waals surface area contributed by atoms with Crippen LogP contribution in [0, 0.1) is 0 Å². The zero-order valence-corrected chi connectivity index (χ0v) is 21.6. The van der Waals surface area contributed by atoms with Gasteiger partial charge in [0.15, 0.2) is 0 Å². The second kappa shape index (κ2) is 14.2. The molecule has 0 radical (unpaired) electrons. The van der Waals surface area contributed by atoms with E-state index in [1.165, 1.54) is 56.3 Å². The first-order valence-electron chi connectivity index (χ1n) is 12.7. The van der Waals surface area contributed by atoms with Crippen molar-refractivity contribution in [3.63, 3.8) is 0 Å². The van der Waals surface area contributed by atoms with Crippen molar-refractivity contribution in [3.8, 4) is 0 Å². The normalized spacial score (nSPS) is 11.2. The first-order valence-corrected chi connectivity index (χ1v) is 13.5. The van der Waals surface area contributed by atoms with Crippen LogP contribution in [0.15, 0.2) is 53.0 Å². The van der Waals surface area contributed by atoms with Crippen molar-refractivity contribution in [1.29, 1.82) is 0 Å². The number of imidazole rings is 1. The number of nitrogens with one attached hydrogen (secondary N) is 1. The third-order valence-corrected chi connectivity index (χ3v) is 6.66. The van der Waals surface area contributed by atoms with E-state index >= 15 is 0 Å². The van der Waals surface area contributed by atoms with Crippen molar-refractivity contribution in [2.24, 2.45) is 0 Å². The highest BCUT2D eigenvalue weighted by molar-refractivity contribution is 9.10. The summed E-state index contributed by atoms with van der Waals surface area (Å²) < 4.78 is 3.37. The number of benzene rings is 2. The van der Waals surface area contributed by atoms with Gasteiger partial charge in [-0.15, -0.1) is 0 Å². The third-order valence-electron chi connectivity index (χ3n) is 6.17. The Morgan fingerprint density at radius 1 is 0.909 bits per heavy atom. The fraction of sp³-hybridized carbons (Fsp3) is 0.500. The Morgan fingerprint density at radius 2 is 1.67 bits per heavy atom. The van der Waals surface area contributed by atoms with Crippen molar-refractivity contribution in [3.05, 3.63) is 64.4 Å². The van der Waals surface area contributed by atoms with Crippen molar-refractivity contribution >= 4 is 32.9 Å². The number of hydrogen-bond acceptors (Lipinski definition) is 2. The highest BCUT2D eigenvalue weighted by atomic mass is 79.9. The lowest BCUT2D eigenvalue weighted by Gasteiger charge is -2.10. The lowest BCUT2D eigenvalue weighted by molar-refractivity contribution is 0.0953. The number of carbonyl (C=O) groups excluding carboxylic acids is 1. The monoisotopic (exact) mass is 511 g/mol. The highest BCUT2D eigenvalue weighted by Gasteiger charge is 2.10. The van der Waals surface area contributed by atoms with Crippen LogP contribution in [-0.4, -0.2) is 22.0 Å². The molecule has 0 saturated carbocycles. The molecule has 0 aliphatic rings. The van der Waals surface area contributed by atoms with E-state index in [2.05, 4.69) is 57.0 Å². The zero-order valence-electron chi connectivity index (χ0n) is 20.0. The van der Waals surface area contributed by atoms with E-state index in [9.17, 15) is 4.79 Å². The van der Waals surface area contributed by atoms with Gasteiger partial charge in [-0.2, -0.15) is 0 Å². The third kappa shape index (κ3) is 8.29. The van der Waals surface area contributed by atoms with E-state index in [4.69, 9.17) is 4.98 Å². The minimum atomic E-state index is -0.00668. The van der Waals surface area contributed by atoms with Gasteiger partial charge in [-0.25, -0.2) is 4.98 Å². The molecule has 3 aromatic rings. The molecule has 5 heteroatoms. The van der Waals surface area contributed by atoms with E-state index in [1.807, 2.05) is 24.3 Å². The molecule has 4 nitrogen and oxygen atoms in total. The molecule has 178 valence electrons. The molecule has 0 aliphatic heterocycles. The molecule has 0 spiro atoms. The fourth-order valence-electron chi connectivity index (χ4n) is 4.31. The van der Waals surface area contributed by atoms with Gasteiger partial charge in [0.1, 0.15) is 5.82 Å². The summed E-state index contributed by atoms with van der Waals surface area (Å²) in [4.78, 5) is 17.2. The Bertz CT molecular complexity index is 998. The SMILES string of the molecule is CCCCCCCCCn1c(CCCCCNC(=O)c2cccc(Br)c2)nc2ccccc21. The molecule has 2 aromatic carbocycles. The molecule has 0 bridgehead atoms. The van der Waals surface area contributed by atoms with Crippen LogP contribution in [0.5, 0.6) is 0 Å². The van der Waals surface area contributed by atoms with Gasteiger partial charge in [-0.05, 0) is 49.6 Å². The summed E-state index contributed by atoms with van der Waals surface area (Å²) >= 11 is 3.42. The minimum Gasteiger partial charge on any atom is -0.352 e. The number of unbranched alkanes of at least 4 members (excludes halogenated alkanes) is 8. The predicted octanol–water partition coefficient (Wildman–Crippen LogP) is 7.69. The minimum absolute atomic E-state index is 0.00668. The van der Waals surface area contributed by atoms with E-state index in [1.54, 1.807) is 0 Å². The highest BCUT2D eigenvalue weighted by Crippen LogP contribution is 2.19. The summed E-state index contributed by atoms with van der Waals surface area (Å²) in [5.74, 6) is 1.20. The Morgan fingerprint density at radius 3 is 2.48 bits per heavy atom. The molecule has 0 atom stereocenters. The van der Waals surface area contributed by atoms with E-state index in [0.29, 0.717) is 12.1 Å². The topological polar surface area (TPSA) is 46.9 Å². The quantitative estimate of drug-likeness (QED) is 0.212. The molecule has 33 heavy (non-hydrogen) atoms. The van der Waals surface area contributed by atoms with Crippen LogP contribution in [0.25, 0.3) is 11.0 Å². The van der Waals surface area contributed by atoms with Crippen molar-refractivity contribution in [2.45, 2.75) is 84.1 Å². The number of aromatic nitrogens is 2. The summed E-state index contributed by atoms with van der Waals surface area (Å²) in [6, 6.07) is 16.0. The molecule has 1 amide bonds. The Labute approximate surface area is 207 Å². The largest absolute Gasteiger partial charge is 0.352 e. The van der Waals surface area contributed by atoms with E-state index < -0.39 is 0 Å². The number of carbonyl (C=O) groups is 1. The van der Waals surface area contributed by atoms with Crippen LogP contribution in [0.1, 0.15) is 87.3 Å². The van der Waals surface area contributed by atoms with Crippen LogP contribution >= 0.6 is 15.9 Å². The maximum atomic E-state index is 12.2. The molecule has 3 rings (SSSR count). The lowest BCUT2D eigenvalue weighted by Crippen LogP contribution is -2.24. The molecule has 1 heterocycles. The van der Waals surface area contributed by atoms with Gasteiger partial charge in [0.25, 0.3) is 5.91 Å². The Balaban J connectivity index is 1.42. The maximum Gasteiger partial charge on any atom is 0.251 e. The first-order chi connectivity index (χ1) is 16.2. The Hall–Kier alpha value is -2.14. The molecule has 0 unspecified atom stereocenters. The first kappa shape index (κ1) is 25.5. The molecule has 0 saturated heterocycles. The average molecular weight is 513 g/mol. The van der Waals surface area contributed by atoms with Crippen molar-refractivity contribution in [1.82, 2.24) is 14.9 Å². The summed E-state index contributed by atoms with van der Waals surface area (Å²) in [5, 5.41) is 3.03. The Kier molecular flexibility index (Phi) is 11.0. The van der Waals surface area contributed by atoms with Crippen LogP contribution < -0.4 is 5.32 Å². The van der Waals surface area contributed by atoms with Gasteiger partial charge < -0.3 is 9.88 Å². The molecule has 1 N–H and O–H groups in total.